The quantitative estimate of drug-likeness (QED) is 0.747. The lowest BCUT2D eigenvalue weighted by Gasteiger charge is -2.15. The van der Waals surface area contributed by atoms with Crippen LogP contribution in [0.4, 0.5) is 5.69 Å². The lowest BCUT2D eigenvalue weighted by atomic mass is 10.0. The minimum atomic E-state index is -0.555. The number of hydrogen-bond donors (Lipinski definition) is 3. The molecule has 1 unspecified atom stereocenters. The second-order valence-corrected chi connectivity index (χ2v) is 5.31. The van der Waals surface area contributed by atoms with Gasteiger partial charge in [0.2, 0.25) is 0 Å². The zero-order valence-electron chi connectivity index (χ0n) is 11.8. The van der Waals surface area contributed by atoms with Crippen LogP contribution in [0.3, 0.4) is 0 Å². The third-order valence-electron chi connectivity index (χ3n) is 3.40. The maximum atomic E-state index is 12.1. The van der Waals surface area contributed by atoms with Gasteiger partial charge in [0.25, 0.3) is 5.91 Å². The molecular formula is C16H20N2O2. The molecule has 0 bridgehead atoms. The van der Waals surface area contributed by atoms with Gasteiger partial charge in [-0.1, -0.05) is 38.1 Å². The number of benzene rings is 2. The van der Waals surface area contributed by atoms with E-state index in [0.717, 1.165) is 10.8 Å². The average Bonchev–Trinajstić information content (AvgIpc) is 2.43. The van der Waals surface area contributed by atoms with Gasteiger partial charge >= 0.3 is 0 Å². The molecule has 4 nitrogen and oxygen atoms in total. The second kappa shape index (κ2) is 5.92. The van der Waals surface area contributed by atoms with Gasteiger partial charge in [-0.05, 0) is 28.8 Å². The van der Waals surface area contributed by atoms with E-state index in [2.05, 4.69) is 5.32 Å². The van der Waals surface area contributed by atoms with Crippen molar-refractivity contribution >= 4 is 22.4 Å². The molecule has 2 aromatic carbocycles. The minimum absolute atomic E-state index is 0.101. The van der Waals surface area contributed by atoms with Crippen molar-refractivity contribution in [3.63, 3.8) is 0 Å². The fourth-order valence-corrected chi connectivity index (χ4v) is 1.98. The normalized spacial score (nSPS) is 12.6. The number of nitrogens with one attached hydrogen (secondary N) is 1. The number of fused-ring (bicyclic) bond motifs is 1. The molecule has 4 N–H and O–H groups in total. The standard InChI is InChI=1S/C16H20N2O2/c1-10(2)15(19)9-18-16(20)13-7-11-5-3-4-6-12(11)8-14(13)17/h3-8,10,15,19H,9,17H2,1-2H3,(H,18,20). The molecule has 0 aliphatic rings. The molecule has 1 atom stereocenters. The number of rotatable bonds is 4. The first-order valence-electron chi connectivity index (χ1n) is 6.73. The molecule has 0 fully saturated rings. The molecule has 20 heavy (non-hydrogen) atoms. The lowest BCUT2D eigenvalue weighted by Crippen LogP contribution is -2.35. The highest BCUT2D eigenvalue weighted by molar-refractivity contribution is 6.03. The highest BCUT2D eigenvalue weighted by Crippen LogP contribution is 2.21. The molecule has 0 saturated carbocycles. The monoisotopic (exact) mass is 272 g/mol. The largest absolute Gasteiger partial charge is 0.398 e. The summed E-state index contributed by atoms with van der Waals surface area (Å²) in [5.41, 5.74) is 6.82. The Kier molecular flexibility index (Phi) is 4.25. The fourth-order valence-electron chi connectivity index (χ4n) is 1.98. The predicted molar refractivity (Wildman–Crippen MR) is 81.5 cm³/mol. The van der Waals surface area contributed by atoms with Gasteiger partial charge in [-0.15, -0.1) is 0 Å². The van der Waals surface area contributed by atoms with Crippen LogP contribution in [-0.2, 0) is 0 Å². The van der Waals surface area contributed by atoms with Gasteiger partial charge in [-0.2, -0.15) is 0 Å². The summed E-state index contributed by atoms with van der Waals surface area (Å²) in [6.45, 7) is 4.03. The topological polar surface area (TPSA) is 75.3 Å². The van der Waals surface area contributed by atoms with Crippen LogP contribution in [0.25, 0.3) is 10.8 Å². The van der Waals surface area contributed by atoms with Crippen molar-refractivity contribution in [3.05, 3.63) is 42.0 Å². The van der Waals surface area contributed by atoms with Crippen LogP contribution >= 0.6 is 0 Å². The molecule has 1 amide bonds. The van der Waals surface area contributed by atoms with Gasteiger partial charge in [0, 0.05) is 12.2 Å². The van der Waals surface area contributed by atoms with E-state index in [4.69, 9.17) is 5.73 Å². The molecule has 0 heterocycles. The van der Waals surface area contributed by atoms with Gasteiger partial charge in [0.1, 0.15) is 0 Å². The Labute approximate surface area is 118 Å². The van der Waals surface area contributed by atoms with Crippen LogP contribution in [0.15, 0.2) is 36.4 Å². The van der Waals surface area contributed by atoms with Gasteiger partial charge in [0.05, 0.1) is 11.7 Å². The van der Waals surface area contributed by atoms with Crippen molar-refractivity contribution < 1.29 is 9.90 Å². The molecule has 0 saturated heterocycles. The first-order valence-corrected chi connectivity index (χ1v) is 6.73. The van der Waals surface area contributed by atoms with E-state index >= 15 is 0 Å². The van der Waals surface area contributed by atoms with E-state index in [0.29, 0.717) is 11.3 Å². The summed E-state index contributed by atoms with van der Waals surface area (Å²) >= 11 is 0. The van der Waals surface area contributed by atoms with Gasteiger partial charge < -0.3 is 16.2 Å². The van der Waals surface area contributed by atoms with Crippen molar-refractivity contribution in [3.8, 4) is 0 Å². The van der Waals surface area contributed by atoms with E-state index in [1.54, 1.807) is 12.1 Å². The maximum absolute atomic E-state index is 12.1. The number of nitrogen functional groups attached to an aromatic ring is 1. The number of hydrogen-bond acceptors (Lipinski definition) is 3. The summed E-state index contributed by atoms with van der Waals surface area (Å²) < 4.78 is 0. The summed E-state index contributed by atoms with van der Waals surface area (Å²) in [7, 11) is 0. The summed E-state index contributed by atoms with van der Waals surface area (Å²) in [6, 6.07) is 11.3. The Hall–Kier alpha value is -2.07. The molecule has 2 rings (SSSR count). The summed E-state index contributed by atoms with van der Waals surface area (Å²) in [6.07, 6.45) is -0.555. The van der Waals surface area contributed by atoms with Gasteiger partial charge in [-0.3, -0.25) is 4.79 Å². The Morgan fingerprint density at radius 2 is 1.85 bits per heavy atom. The van der Waals surface area contributed by atoms with E-state index in [1.807, 2.05) is 38.1 Å². The van der Waals surface area contributed by atoms with E-state index < -0.39 is 6.10 Å². The third-order valence-corrected chi connectivity index (χ3v) is 3.40. The summed E-state index contributed by atoms with van der Waals surface area (Å²) in [4.78, 5) is 12.1. The molecule has 0 aliphatic carbocycles. The maximum Gasteiger partial charge on any atom is 0.253 e. The van der Waals surface area contributed by atoms with Crippen LogP contribution in [0.5, 0.6) is 0 Å². The number of aliphatic hydroxyl groups excluding tert-OH is 1. The number of nitrogens with two attached hydrogens (primary N) is 1. The molecule has 4 heteroatoms. The third kappa shape index (κ3) is 3.08. The SMILES string of the molecule is CC(C)C(O)CNC(=O)c1cc2ccccc2cc1N. The number of carbonyl (C=O) groups excluding carboxylic acids is 1. The zero-order valence-corrected chi connectivity index (χ0v) is 11.8. The number of aliphatic hydroxyl groups is 1. The Bertz CT molecular complexity index is 623. The smallest absolute Gasteiger partial charge is 0.253 e. The number of amides is 1. The van der Waals surface area contributed by atoms with Crippen molar-refractivity contribution in [1.29, 1.82) is 0 Å². The van der Waals surface area contributed by atoms with Crippen LogP contribution < -0.4 is 11.1 Å². The molecule has 2 aromatic rings. The molecule has 106 valence electrons. The lowest BCUT2D eigenvalue weighted by molar-refractivity contribution is 0.0872. The van der Waals surface area contributed by atoms with E-state index in [-0.39, 0.29) is 18.4 Å². The first kappa shape index (κ1) is 14.3. The molecule has 0 radical (unpaired) electrons. The zero-order chi connectivity index (χ0) is 14.7. The van der Waals surface area contributed by atoms with Crippen molar-refractivity contribution in [2.75, 3.05) is 12.3 Å². The van der Waals surface area contributed by atoms with E-state index in [9.17, 15) is 9.90 Å². The van der Waals surface area contributed by atoms with Crippen LogP contribution in [0.2, 0.25) is 0 Å². The summed E-state index contributed by atoms with van der Waals surface area (Å²) in [5.74, 6) is -0.155. The highest BCUT2D eigenvalue weighted by atomic mass is 16.3. The van der Waals surface area contributed by atoms with Gasteiger partial charge in [-0.25, -0.2) is 0 Å². The van der Waals surface area contributed by atoms with E-state index in [1.165, 1.54) is 0 Å². The predicted octanol–water partition coefficient (Wildman–Crippen LogP) is 2.17. The molecule has 0 spiro atoms. The Balaban J connectivity index is 2.19. The van der Waals surface area contributed by atoms with Crippen molar-refractivity contribution in [2.45, 2.75) is 20.0 Å². The van der Waals surface area contributed by atoms with Crippen LogP contribution in [-0.4, -0.2) is 23.7 Å². The minimum Gasteiger partial charge on any atom is -0.398 e. The summed E-state index contributed by atoms with van der Waals surface area (Å²) in [5, 5.41) is 14.4. The number of carbonyl (C=O) groups is 1. The fraction of sp³-hybridized carbons (Fsp3) is 0.312. The van der Waals surface area contributed by atoms with Crippen LogP contribution in [0.1, 0.15) is 24.2 Å². The molecule has 0 aliphatic heterocycles. The average molecular weight is 272 g/mol. The Morgan fingerprint density at radius 3 is 2.45 bits per heavy atom. The van der Waals surface area contributed by atoms with Crippen molar-refractivity contribution in [2.24, 2.45) is 5.92 Å². The number of anilines is 1. The first-order chi connectivity index (χ1) is 9.49. The van der Waals surface area contributed by atoms with Crippen molar-refractivity contribution in [1.82, 2.24) is 5.32 Å². The Morgan fingerprint density at radius 1 is 1.25 bits per heavy atom. The van der Waals surface area contributed by atoms with Crippen LogP contribution in [0, 0.1) is 5.92 Å². The second-order valence-electron chi connectivity index (χ2n) is 5.31. The molecular weight excluding hydrogens is 252 g/mol. The highest BCUT2D eigenvalue weighted by Gasteiger charge is 2.14. The molecule has 0 aromatic heterocycles. The van der Waals surface area contributed by atoms with Gasteiger partial charge in [0.15, 0.2) is 0 Å².